The van der Waals surface area contributed by atoms with Crippen molar-refractivity contribution in [2.45, 2.75) is 46.2 Å². The number of rotatable bonds is 5. The van der Waals surface area contributed by atoms with Crippen molar-refractivity contribution in [2.75, 3.05) is 13.6 Å². The summed E-state index contributed by atoms with van der Waals surface area (Å²) in [6.07, 6.45) is 0.658. The molecule has 1 atom stereocenters. The molecule has 0 radical (unpaired) electrons. The van der Waals surface area contributed by atoms with Crippen LogP contribution in [0.2, 0.25) is 5.02 Å². The van der Waals surface area contributed by atoms with E-state index in [9.17, 15) is 4.79 Å². The van der Waals surface area contributed by atoms with Crippen LogP contribution >= 0.6 is 11.6 Å². The Balaban J connectivity index is 1.99. The van der Waals surface area contributed by atoms with Crippen molar-refractivity contribution in [3.63, 3.8) is 0 Å². The van der Waals surface area contributed by atoms with Gasteiger partial charge in [-0.1, -0.05) is 47.5 Å². The molecule has 2 aromatic rings. The molecule has 0 fully saturated rings. The summed E-state index contributed by atoms with van der Waals surface area (Å²) in [6.45, 7) is 8.63. The zero-order chi connectivity index (χ0) is 20.4. The number of hydrazone groups is 1. The fraction of sp³-hybridized carbons (Fsp3) is 0.391. The van der Waals surface area contributed by atoms with E-state index in [0.29, 0.717) is 18.0 Å². The molecule has 4 nitrogen and oxygen atoms in total. The van der Waals surface area contributed by atoms with Gasteiger partial charge in [-0.25, -0.2) is 5.01 Å². The van der Waals surface area contributed by atoms with Gasteiger partial charge in [0.2, 0.25) is 0 Å². The highest BCUT2D eigenvalue weighted by Gasteiger charge is 2.35. The molecular weight excluding hydrogens is 370 g/mol. The van der Waals surface area contributed by atoms with E-state index >= 15 is 0 Å². The standard InChI is InChI=1S/C23H28ClN3O/c1-15(2)26(5)14-23(28)27-22(18-8-6-7-9-20(18)24)13-21(25-27)19-12-16(3)10-11-17(19)4/h6-12,15,22H,13-14H2,1-5H3. The summed E-state index contributed by atoms with van der Waals surface area (Å²) in [5.74, 6) is -0.0126. The molecule has 0 bridgehead atoms. The van der Waals surface area contributed by atoms with Gasteiger partial charge in [0, 0.05) is 23.0 Å². The third kappa shape index (κ3) is 4.29. The van der Waals surface area contributed by atoms with Crippen LogP contribution in [0.3, 0.4) is 0 Å². The normalized spacial score (nSPS) is 16.8. The number of amides is 1. The Morgan fingerprint density at radius 2 is 1.96 bits per heavy atom. The fourth-order valence-corrected chi connectivity index (χ4v) is 3.67. The van der Waals surface area contributed by atoms with Crippen LogP contribution in [0.1, 0.15) is 48.6 Å². The number of nitrogens with zero attached hydrogens (tertiary/aromatic N) is 3. The fourth-order valence-electron chi connectivity index (χ4n) is 3.41. The zero-order valence-corrected chi connectivity index (χ0v) is 18.0. The number of carbonyl (C=O) groups is 1. The van der Waals surface area contributed by atoms with Gasteiger partial charge in [0.05, 0.1) is 18.3 Å². The summed E-state index contributed by atoms with van der Waals surface area (Å²) in [5, 5.41) is 7.09. The number of aryl methyl sites for hydroxylation is 2. The topological polar surface area (TPSA) is 35.9 Å². The van der Waals surface area contributed by atoms with E-state index in [-0.39, 0.29) is 18.0 Å². The monoisotopic (exact) mass is 397 g/mol. The summed E-state index contributed by atoms with van der Waals surface area (Å²) in [5.41, 5.74) is 5.32. The lowest BCUT2D eigenvalue weighted by Gasteiger charge is -2.26. The smallest absolute Gasteiger partial charge is 0.257 e. The van der Waals surface area contributed by atoms with E-state index in [1.807, 2.05) is 36.2 Å². The maximum absolute atomic E-state index is 13.1. The maximum atomic E-state index is 13.1. The number of hydrogen-bond donors (Lipinski definition) is 0. The van der Waals surface area contributed by atoms with Gasteiger partial charge in [-0.3, -0.25) is 9.69 Å². The second-order valence-electron chi connectivity index (χ2n) is 7.85. The van der Waals surface area contributed by atoms with Gasteiger partial charge in [0.15, 0.2) is 0 Å². The summed E-state index contributed by atoms with van der Waals surface area (Å²) >= 11 is 6.48. The largest absolute Gasteiger partial charge is 0.295 e. The SMILES string of the molecule is Cc1ccc(C)c(C2=NN(C(=O)CN(C)C(C)C)C(c3ccccc3Cl)C2)c1. The van der Waals surface area contributed by atoms with Crippen LogP contribution in [0.25, 0.3) is 0 Å². The van der Waals surface area contributed by atoms with Crippen LogP contribution in [0, 0.1) is 13.8 Å². The van der Waals surface area contributed by atoms with Crippen LogP contribution in [0.4, 0.5) is 0 Å². The van der Waals surface area contributed by atoms with Crippen LogP contribution in [-0.4, -0.2) is 41.2 Å². The van der Waals surface area contributed by atoms with E-state index in [2.05, 4.69) is 45.9 Å². The van der Waals surface area contributed by atoms with Crippen molar-refractivity contribution in [3.8, 4) is 0 Å². The Morgan fingerprint density at radius 3 is 2.64 bits per heavy atom. The van der Waals surface area contributed by atoms with E-state index in [1.54, 1.807) is 5.01 Å². The van der Waals surface area contributed by atoms with Crippen molar-refractivity contribution in [3.05, 3.63) is 69.7 Å². The summed E-state index contributed by atoms with van der Waals surface area (Å²) in [7, 11) is 1.96. The van der Waals surface area contributed by atoms with Gasteiger partial charge in [0.1, 0.15) is 0 Å². The highest BCUT2D eigenvalue weighted by atomic mass is 35.5. The molecule has 3 rings (SSSR count). The van der Waals surface area contributed by atoms with Crippen molar-refractivity contribution in [2.24, 2.45) is 5.10 Å². The molecule has 2 aromatic carbocycles. The average molecular weight is 398 g/mol. The molecule has 0 N–H and O–H groups in total. The lowest BCUT2D eigenvalue weighted by molar-refractivity contribution is -0.134. The van der Waals surface area contributed by atoms with Crippen molar-refractivity contribution < 1.29 is 4.79 Å². The van der Waals surface area contributed by atoms with Crippen molar-refractivity contribution in [1.29, 1.82) is 0 Å². The minimum atomic E-state index is -0.184. The second kappa shape index (κ2) is 8.46. The van der Waals surface area contributed by atoms with Crippen LogP contribution in [0.5, 0.6) is 0 Å². The van der Waals surface area contributed by atoms with E-state index < -0.39 is 0 Å². The van der Waals surface area contributed by atoms with Gasteiger partial charge < -0.3 is 0 Å². The summed E-state index contributed by atoms with van der Waals surface area (Å²) in [6, 6.07) is 14.2. The predicted octanol–water partition coefficient (Wildman–Crippen LogP) is 4.97. The number of benzene rings is 2. The number of halogens is 1. The molecular formula is C23H28ClN3O. The molecule has 148 valence electrons. The number of hydrogen-bond acceptors (Lipinski definition) is 3. The maximum Gasteiger partial charge on any atom is 0.257 e. The Morgan fingerprint density at radius 1 is 1.25 bits per heavy atom. The lowest BCUT2D eigenvalue weighted by atomic mass is 9.95. The van der Waals surface area contributed by atoms with Gasteiger partial charge >= 0.3 is 0 Å². The predicted molar refractivity (Wildman–Crippen MR) is 116 cm³/mol. The van der Waals surface area contributed by atoms with Crippen molar-refractivity contribution in [1.82, 2.24) is 9.91 Å². The number of carbonyl (C=O) groups excluding carboxylic acids is 1. The number of likely N-dealkylation sites (N-methyl/N-ethyl adjacent to an activating group) is 1. The lowest BCUT2D eigenvalue weighted by Crippen LogP contribution is -2.39. The van der Waals surface area contributed by atoms with Crippen molar-refractivity contribution >= 4 is 23.2 Å². The molecule has 1 amide bonds. The Hall–Kier alpha value is -2.17. The third-order valence-corrected chi connectivity index (χ3v) is 5.74. The van der Waals surface area contributed by atoms with Gasteiger partial charge in [-0.05, 0) is 58.0 Å². The zero-order valence-electron chi connectivity index (χ0n) is 17.2. The highest BCUT2D eigenvalue weighted by Crippen LogP contribution is 2.36. The van der Waals surface area contributed by atoms with Gasteiger partial charge in [-0.15, -0.1) is 0 Å². The molecule has 1 aliphatic rings. The second-order valence-corrected chi connectivity index (χ2v) is 8.26. The van der Waals surface area contributed by atoms with Gasteiger partial charge in [-0.2, -0.15) is 5.10 Å². The Labute approximate surface area is 172 Å². The molecule has 0 saturated heterocycles. The van der Waals surface area contributed by atoms with Crippen LogP contribution < -0.4 is 0 Å². The molecule has 1 heterocycles. The minimum absolute atomic E-state index is 0.0126. The minimum Gasteiger partial charge on any atom is -0.295 e. The molecule has 5 heteroatoms. The Kier molecular flexibility index (Phi) is 6.21. The highest BCUT2D eigenvalue weighted by molar-refractivity contribution is 6.31. The van der Waals surface area contributed by atoms with Crippen LogP contribution in [0.15, 0.2) is 47.6 Å². The molecule has 0 saturated carbocycles. The first-order valence-electron chi connectivity index (χ1n) is 9.69. The molecule has 1 aliphatic heterocycles. The van der Waals surface area contributed by atoms with E-state index in [1.165, 1.54) is 5.56 Å². The quantitative estimate of drug-likeness (QED) is 0.713. The molecule has 0 aromatic heterocycles. The first kappa shape index (κ1) is 20.6. The first-order valence-corrected chi connectivity index (χ1v) is 10.1. The van der Waals surface area contributed by atoms with E-state index in [4.69, 9.17) is 16.7 Å². The molecule has 1 unspecified atom stereocenters. The molecule has 28 heavy (non-hydrogen) atoms. The summed E-state index contributed by atoms with van der Waals surface area (Å²) < 4.78 is 0. The van der Waals surface area contributed by atoms with Gasteiger partial charge in [0.25, 0.3) is 5.91 Å². The summed E-state index contributed by atoms with van der Waals surface area (Å²) in [4.78, 5) is 15.1. The average Bonchev–Trinajstić information content (AvgIpc) is 3.09. The first-order chi connectivity index (χ1) is 13.3. The Bertz CT molecular complexity index is 906. The van der Waals surface area contributed by atoms with E-state index in [0.717, 1.165) is 22.4 Å². The molecule has 0 spiro atoms. The molecule has 0 aliphatic carbocycles. The third-order valence-electron chi connectivity index (χ3n) is 5.40. The van der Waals surface area contributed by atoms with Crippen LogP contribution in [-0.2, 0) is 4.79 Å².